The van der Waals surface area contributed by atoms with Gasteiger partial charge in [-0.25, -0.2) is 0 Å². The smallest absolute Gasteiger partial charge is 0.230 e. The van der Waals surface area contributed by atoms with Crippen LogP contribution in [-0.2, 0) is 4.79 Å². The molecule has 98 valence electrons. The van der Waals surface area contributed by atoms with Gasteiger partial charge in [0, 0.05) is 11.1 Å². The Hall–Kier alpha value is -1.35. The highest BCUT2D eigenvalue weighted by molar-refractivity contribution is 5.95. The number of amides is 1. The Morgan fingerprint density at radius 2 is 1.94 bits per heavy atom. The number of hydrogen-bond donors (Lipinski definition) is 2. The Labute approximate surface area is 109 Å². The Kier molecular flexibility index (Phi) is 3.71. The maximum absolute atomic E-state index is 12.4. The highest BCUT2D eigenvalue weighted by atomic mass is 16.2. The molecule has 1 aromatic rings. The summed E-state index contributed by atoms with van der Waals surface area (Å²) >= 11 is 0. The number of carbonyl (C=O) groups is 1. The third-order valence-electron chi connectivity index (χ3n) is 4.11. The fourth-order valence-electron chi connectivity index (χ4n) is 2.37. The molecule has 1 aliphatic heterocycles. The average Bonchev–Trinajstić information content (AvgIpc) is 2.36. The van der Waals surface area contributed by atoms with E-state index in [2.05, 4.69) is 37.5 Å². The number of rotatable bonds is 2. The molecule has 18 heavy (non-hydrogen) atoms. The van der Waals surface area contributed by atoms with E-state index >= 15 is 0 Å². The van der Waals surface area contributed by atoms with Gasteiger partial charge in [0.05, 0.1) is 0 Å². The van der Waals surface area contributed by atoms with Gasteiger partial charge in [-0.3, -0.25) is 4.79 Å². The molecule has 0 bridgehead atoms. The minimum absolute atomic E-state index is 0.151. The number of aryl methyl sites for hydroxylation is 1. The van der Waals surface area contributed by atoms with Crippen molar-refractivity contribution in [1.82, 2.24) is 5.32 Å². The largest absolute Gasteiger partial charge is 0.325 e. The zero-order valence-electron chi connectivity index (χ0n) is 11.5. The molecule has 3 nitrogen and oxygen atoms in total. The highest BCUT2D eigenvalue weighted by Gasteiger charge is 2.34. The summed E-state index contributed by atoms with van der Waals surface area (Å²) in [6.45, 7) is 8.04. The van der Waals surface area contributed by atoms with Crippen molar-refractivity contribution in [3.63, 3.8) is 0 Å². The molecule has 0 saturated carbocycles. The lowest BCUT2D eigenvalue weighted by atomic mass is 9.80. The second-order valence-electron chi connectivity index (χ2n) is 5.51. The monoisotopic (exact) mass is 246 g/mol. The zero-order chi connectivity index (χ0) is 13.2. The molecule has 1 heterocycles. The van der Waals surface area contributed by atoms with Crippen LogP contribution < -0.4 is 10.6 Å². The topological polar surface area (TPSA) is 41.1 Å². The molecule has 0 aliphatic carbocycles. The second kappa shape index (κ2) is 5.11. The number of anilines is 1. The first-order valence-electron chi connectivity index (χ1n) is 6.61. The Bertz CT molecular complexity index is 448. The quantitative estimate of drug-likeness (QED) is 0.842. The summed E-state index contributed by atoms with van der Waals surface area (Å²) in [7, 11) is 0. The van der Waals surface area contributed by atoms with Gasteiger partial charge < -0.3 is 10.6 Å². The first-order valence-corrected chi connectivity index (χ1v) is 6.61. The van der Waals surface area contributed by atoms with Crippen LogP contribution in [0.1, 0.15) is 30.9 Å². The molecule has 0 atom stereocenters. The van der Waals surface area contributed by atoms with Gasteiger partial charge in [-0.15, -0.1) is 0 Å². The predicted octanol–water partition coefficient (Wildman–Crippen LogP) is 2.63. The summed E-state index contributed by atoms with van der Waals surface area (Å²) in [5, 5.41) is 6.39. The van der Waals surface area contributed by atoms with Crippen molar-refractivity contribution < 1.29 is 4.79 Å². The van der Waals surface area contributed by atoms with Crippen LogP contribution in [-0.4, -0.2) is 19.0 Å². The predicted molar refractivity (Wildman–Crippen MR) is 74.8 cm³/mol. The van der Waals surface area contributed by atoms with Crippen molar-refractivity contribution in [2.24, 2.45) is 5.41 Å². The van der Waals surface area contributed by atoms with E-state index in [4.69, 9.17) is 0 Å². The molecule has 2 rings (SSSR count). The molecule has 1 aliphatic rings. The van der Waals surface area contributed by atoms with Crippen LogP contribution in [0.4, 0.5) is 5.69 Å². The highest BCUT2D eigenvalue weighted by Crippen LogP contribution is 2.30. The molecule has 0 radical (unpaired) electrons. The van der Waals surface area contributed by atoms with E-state index in [0.29, 0.717) is 0 Å². The van der Waals surface area contributed by atoms with Crippen molar-refractivity contribution >= 4 is 11.6 Å². The van der Waals surface area contributed by atoms with Crippen LogP contribution in [0.15, 0.2) is 18.2 Å². The Balaban J connectivity index is 2.13. The summed E-state index contributed by atoms with van der Waals surface area (Å²) in [6, 6.07) is 6.03. The van der Waals surface area contributed by atoms with E-state index < -0.39 is 0 Å². The van der Waals surface area contributed by atoms with Crippen LogP contribution in [0.2, 0.25) is 0 Å². The standard InChI is InChI=1S/C15H22N2O/c1-11-5-4-6-13(12(11)2)17-14(18)15(3)7-9-16-10-8-15/h4-6,16H,7-10H2,1-3H3,(H,17,18). The van der Waals surface area contributed by atoms with Crippen molar-refractivity contribution in [2.45, 2.75) is 33.6 Å². The summed E-state index contributed by atoms with van der Waals surface area (Å²) in [5.41, 5.74) is 3.08. The second-order valence-corrected chi connectivity index (χ2v) is 5.51. The summed E-state index contributed by atoms with van der Waals surface area (Å²) in [6.07, 6.45) is 1.81. The molecule has 1 aromatic carbocycles. The normalized spacial score (nSPS) is 18.4. The minimum atomic E-state index is -0.235. The van der Waals surface area contributed by atoms with E-state index in [1.165, 1.54) is 5.56 Å². The van der Waals surface area contributed by atoms with Gasteiger partial charge in [-0.05, 0) is 57.0 Å². The van der Waals surface area contributed by atoms with Gasteiger partial charge in [0.15, 0.2) is 0 Å². The summed E-state index contributed by atoms with van der Waals surface area (Å²) in [5.74, 6) is 0.151. The lowest BCUT2D eigenvalue weighted by Crippen LogP contribution is -2.42. The van der Waals surface area contributed by atoms with Crippen molar-refractivity contribution in [2.75, 3.05) is 18.4 Å². The van der Waals surface area contributed by atoms with Crippen LogP contribution >= 0.6 is 0 Å². The first kappa shape index (κ1) is 13.1. The molecule has 0 aromatic heterocycles. The molecular weight excluding hydrogens is 224 g/mol. The molecule has 1 fully saturated rings. The molecular formula is C15H22N2O. The summed E-state index contributed by atoms with van der Waals surface area (Å²) in [4.78, 5) is 12.4. The molecule has 1 saturated heterocycles. The van der Waals surface area contributed by atoms with E-state index in [1.54, 1.807) is 0 Å². The van der Waals surface area contributed by atoms with Gasteiger partial charge in [0.25, 0.3) is 0 Å². The molecule has 3 heteroatoms. The number of nitrogens with one attached hydrogen (secondary N) is 2. The lowest BCUT2D eigenvalue weighted by Gasteiger charge is -2.32. The molecule has 1 amide bonds. The molecule has 2 N–H and O–H groups in total. The van der Waals surface area contributed by atoms with Crippen LogP contribution in [0, 0.1) is 19.3 Å². The van der Waals surface area contributed by atoms with Crippen molar-refractivity contribution in [3.8, 4) is 0 Å². The first-order chi connectivity index (χ1) is 8.53. The molecule has 0 unspecified atom stereocenters. The van der Waals surface area contributed by atoms with Crippen LogP contribution in [0.25, 0.3) is 0 Å². The van der Waals surface area contributed by atoms with Crippen LogP contribution in [0.3, 0.4) is 0 Å². The fraction of sp³-hybridized carbons (Fsp3) is 0.533. The average molecular weight is 246 g/mol. The van der Waals surface area contributed by atoms with Gasteiger partial charge in [-0.1, -0.05) is 19.1 Å². The van der Waals surface area contributed by atoms with E-state index in [0.717, 1.165) is 37.2 Å². The van der Waals surface area contributed by atoms with Gasteiger partial charge in [0.1, 0.15) is 0 Å². The Morgan fingerprint density at radius 3 is 2.61 bits per heavy atom. The lowest BCUT2D eigenvalue weighted by molar-refractivity contribution is -0.126. The minimum Gasteiger partial charge on any atom is -0.325 e. The maximum atomic E-state index is 12.4. The van der Waals surface area contributed by atoms with Crippen molar-refractivity contribution in [1.29, 1.82) is 0 Å². The van der Waals surface area contributed by atoms with Crippen molar-refractivity contribution in [3.05, 3.63) is 29.3 Å². The third kappa shape index (κ3) is 2.56. The molecule has 0 spiro atoms. The number of piperidine rings is 1. The summed E-state index contributed by atoms with van der Waals surface area (Å²) < 4.78 is 0. The van der Waals surface area contributed by atoms with Gasteiger partial charge in [0.2, 0.25) is 5.91 Å². The number of hydrogen-bond acceptors (Lipinski definition) is 2. The van der Waals surface area contributed by atoms with E-state index in [1.807, 2.05) is 12.1 Å². The zero-order valence-corrected chi connectivity index (χ0v) is 11.5. The van der Waals surface area contributed by atoms with E-state index in [9.17, 15) is 4.79 Å². The van der Waals surface area contributed by atoms with Gasteiger partial charge >= 0.3 is 0 Å². The maximum Gasteiger partial charge on any atom is 0.230 e. The number of carbonyl (C=O) groups excluding carboxylic acids is 1. The Morgan fingerprint density at radius 1 is 1.28 bits per heavy atom. The van der Waals surface area contributed by atoms with Gasteiger partial charge in [-0.2, -0.15) is 0 Å². The van der Waals surface area contributed by atoms with Crippen LogP contribution in [0.5, 0.6) is 0 Å². The van der Waals surface area contributed by atoms with E-state index in [-0.39, 0.29) is 11.3 Å². The fourth-order valence-corrected chi connectivity index (χ4v) is 2.37. The number of benzene rings is 1. The SMILES string of the molecule is Cc1cccc(NC(=O)C2(C)CCNCC2)c1C. The third-order valence-corrected chi connectivity index (χ3v) is 4.11.